The van der Waals surface area contributed by atoms with Gasteiger partial charge in [0, 0.05) is 11.6 Å². The minimum atomic E-state index is 0.257. The van der Waals surface area contributed by atoms with Crippen molar-refractivity contribution in [3.63, 3.8) is 0 Å². The summed E-state index contributed by atoms with van der Waals surface area (Å²) >= 11 is 0. The van der Waals surface area contributed by atoms with Gasteiger partial charge in [0.2, 0.25) is 0 Å². The van der Waals surface area contributed by atoms with E-state index in [0.717, 1.165) is 17.8 Å². The maximum absolute atomic E-state index is 6.12. The van der Waals surface area contributed by atoms with Crippen molar-refractivity contribution in [1.29, 1.82) is 0 Å². The first-order chi connectivity index (χ1) is 9.99. The third kappa shape index (κ3) is 3.80. The molecular formula is C18H37N3. The fourth-order valence-electron chi connectivity index (χ4n) is 5.39. The minimum absolute atomic E-state index is 0.257. The third-order valence-corrected chi connectivity index (χ3v) is 6.30. The summed E-state index contributed by atoms with van der Waals surface area (Å²) in [6.07, 6.45) is 12.2. The molecule has 0 aromatic carbocycles. The van der Waals surface area contributed by atoms with E-state index in [9.17, 15) is 0 Å². The Hall–Kier alpha value is -0.120. The second kappa shape index (κ2) is 7.43. The van der Waals surface area contributed by atoms with E-state index >= 15 is 0 Å². The highest BCUT2D eigenvalue weighted by molar-refractivity contribution is 5.03. The molecule has 2 saturated carbocycles. The van der Waals surface area contributed by atoms with E-state index in [1.807, 2.05) is 0 Å². The Balaban J connectivity index is 2.22. The van der Waals surface area contributed by atoms with E-state index in [0.29, 0.717) is 6.04 Å². The van der Waals surface area contributed by atoms with Gasteiger partial charge in [-0.25, -0.2) is 0 Å². The van der Waals surface area contributed by atoms with Crippen LogP contribution in [0.5, 0.6) is 0 Å². The van der Waals surface area contributed by atoms with Gasteiger partial charge in [0.1, 0.15) is 0 Å². The van der Waals surface area contributed by atoms with Crippen LogP contribution in [0.25, 0.3) is 0 Å². The summed E-state index contributed by atoms with van der Waals surface area (Å²) in [5, 5.41) is 0. The summed E-state index contributed by atoms with van der Waals surface area (Å²) in [6, 6.07) is 0.441. The Labute approximate surface area is 132 Å². The van der Waals surface area contributed by atoms with Gasteiger partial charge in [-0.05, 0) is 64.0 Å². The first-order valence-electron chi connectivity index (χ1n) is 9.13. The number of hydrogen-bond donors (Lipinski definition) is 2. The van der Waals surface area contributed by atoms with Crippen LogP contribution in [-0.4, -0.2) is 30.6 Å². The quantitative estimate of drug-likeness (QED) is 0.473. The van der Waals surface area contributed by atoms with Crippen molar-refractivity contribution in [2.75, 3.05) is 14.1 Å². The van der Waals surface area contributed by atoms with Crippen molar-refractivity contribution in [3.8, 4) is 0 Å². The Morgan fingerprint density at radius 3 is 1.90 bits per heavy atom. The molecule has 0 aromatic rings. The van der Waals surface area contributed by atoms with Gasteiger partial charge in [0.05, 0.1) is 0 Å². The summed E-state index contributed by atoms with van der Waals surface area (Å²) in [7, 11) is 4.54. The van der Waals surface area contributed by atoms with Crippen LogP contribution in [0.4, 0.5) is 0 Å². The van der Waals surface area contributed by atoms with Crippen molar-refractivity contribution >= 4 is 0 Å². The van der Waals surface area contributed by atoms with E-state index in [-0.39, 0.29) is 5.54 Å². The molecule has 0 spiro atoms. The van der Waals surface area contributed by atoms with Gasteiger partial charge in [-0.2, -0.15) is 0 Å². The van der Waals surface area contributed by atoms with Crippen molar-refractivity contribution in [2.45, 2.75) is 83.2 Å². The molecule has 0 saturated heterocycles. The van der Waals surface area contributed by atoms with Crippen molar-refractivity contribution in [1.82, 2.24) is 10.3 Å². The van der Waals surface area contributed by atoms with E-state index in [4.69, 9.17) is 5.84 Å². The Kier molecular flexibility index (Phi) is 6.10. The summed E-state index contributed by atoms with van der Waals surface area (Å²) < 4.78 is 0. The number of hydrazine groups is 1. The maximum atomic E-state index is 6.12. The summed E-state index contributed by atoms with van der Waals surface area (Å²) in [5.41, 5.74) is 3.55. The van der Waals surface area contributed by atoms with Crippen LogP contribution in [0.3, 0.4) is 0 Å². The molecule has 124 valence electrons. The van der Waals surface area contributed by atoms with Crippen LogP contribution in [0.15, 0.2) is 0 Å². The maximum Gasteiger partial charge on any atom is 0.0422 e. The number of likely N-dealkylation sites (N-methyl/N-ethyl adjacent to an activating group) is 1. The average molecular weight is 296 g/mol. The van der Waals surface area contributed by atoms with Crippen LogP contribution < -0.4 is 11.3 Å². The molecule has 3 nitrogen and oxygen atoms in total. The first-order valence-corrected chi connectivity index (χ1v) is 9.13. The SMILES string of the molecule is CC1CC(C)CC(C(NN)C2(N(C)C)CCCCCC2)C1. The Morgan fingerprint density at radius 1 is 0.952 bits per heavy atom. The molecule has 3 atom stereocenters. The predicted octanol–water partition coefficient (Wildman–Crippen LogP) is 3.55. The second-order valence-corrected chi connectivity index (χ2v) is 8.23. The van der Waals surface area contributed by atoms with E-state index in [1.54, 1.807) is 0 Å². The number of nitrogens with two attached hydrogens (primary N) is 1. The van der Waals surface area contributed by atoms with Gasteiger partial charge in [-0.3, -0.25) is 11.3 Å². The molecule has 21 heavy (non-hydrogen) atoms. The van der Waals surface area contributed by atoms with Crippen LogP contribution in [-0.2, 0) is 0 Å². The minimum Gasteiger partial charge on any atom is -0.302 e. The lowest BCUT2D eigenvalue weighted by Crippen LogP contribution is -2.64. The molecule has 2 fully saturated rings. The van der Waals surface area contributed by atoms with Crippen molar-refractivity contribution in [3.05, 3.63) is 0 Å². The highest BCUT2D eigenvalue weighted by Gasteiger charge is 2.45. The highest BCUT2D eigenvalue weighted by atomic mass is 15.3. The molecule has 0 bridgehead atoms. The highest BCUT2D eigenvalue weighted by Crippen LogP contribution is 2.42. The predicted molar refractivity (Wildman–Crippen MR) is 90.9 cm³/mol. The Bertz CT molecular complexity index is 298. The lowest BCUT2D eigenvalue weighted by Gasteiger charge is -2.50. The topological polar surface area (TPSA) is 41.3 Å². The average Bonchev–Trinajstić information content (AvgIpc) is 2.65. The van der Waals surface area contributed by atoms with Crippen LogP contribution in [0.2, 0.25) is 0 Å². The van der Waals surface area contributed by atoms with E-state index < -0.39 is 0 Å². The first kappa shape index (κ1) is 17.2. The fraction of sp³-hybridized carbons (Fsp3) is 1.00. The van der Waals surface area contributed by atoms with Crippen LogP contribution >= 0.6 is 0 Å². The molecule has 3 unspecified atom stereocenters. The molecule has 2 aliphatic rings. The number of rotatable bonds is 4. The van der Waals surface area contributed by atoms with Crippen molar-refractivity contribution < 1.29 is 0 Å². The molecular weight excluding hydrogens is 258 g/mol. The van der Waals surface area contributed by atoms with Gasteiger partial charge in [-0.15, -0.1) is 0 Å². The van der Waals surface area contributed by atoms with E-state index in [2.05, 4.69) is 38.3 Å². The zero-order chi connectivity index (χ0) is 15.5. The molecule has 0 aromatic heterocycles. The van der Waals surface area contributed by atoms with Crippen molar-refractivity contribution in [2.24, 2.45) is 23.6 Å². The number of hydrogen-bond acceptors (Lipinski definition) is 3. The fourth-order valence-corrected chi connectivity index (χ4v) is 5.39. The normalized spacial score (nSPS) is 35.4. The summed E-state index contributed by atoms with van der Waals surface area (Å²) in [6.45, 7) is 4.84. The van der Waals surface area contributed by atoms with Crippen LogP contribution in [0, 0.1) is 17.8 Å². The molecule has 2 aliphatic carbocycles. The largest absolute Gasteiger partial charge is 0.302 e. The number of nitrogens with zero attached hydrogens (tertiary/aromatic N) is 1. The lowest BCUT2D eigenvalue weighted by molar-refractivity contribution is 0.0284. The molecule has 0 amide bonds. The van der Waals surface area contributed by atoms with Crippen LogP contribution in [0.1, 0.15) is 71.6 Å². The Morgan fingerprint density at radius 2 is 1.48 bits per heavy atom. The molecule has 0 radical (unpaired) electrons. The summed E-state index contributed by atoms with van der Waals surface area (Å²) in [5.74, 6) is 8.55. The zero-order valence-electron chi connectivity index (χ0n) is 14.7. The van der Waals surface area contributed by atoms with E-state index in [1.165, 1.54) is 57.8 Å². The standard InChI is InChI=1S/C18H37N3/c1-14-11-15(2)13-16(12-14)17(20-19)18(21(3)4)9-7-5-6-8-10-18/h14-17,20H,5-13,19H2,1-4H3. The summed E-state index contributed by atoms with van der Waals surface area (Å²) in [4.78, 5) is 2.49. The van der Waals surface area contributed by atoms with Gasteiger partial charge >= 0.3 is 0 Å². The zero-order valence-corrected chi connectivity index (χ0v) is 14.7. The molecule has 3 heteroatoms. The number of nitrogens with one attached hydrogen (secondary N) is 1. The smallest absolute Gasteiger partial charge is 0.0422 e. The second-order valence-electron chi connectivity index (χ2n) is 8.23. The molecule has 0 aliphatic heterocycles. The van der Waals surface area contributed by atoms with Gasteiger partial charge in [0.15, 0.2) is 0 Å². The third-order valence-electron chi connectivity index (χ3n) is 6.30. The molecule has 2 rings (SSSR count). The lowest BCUT2D eigenvalue weighted by atomic mass is 9.67. The van der Waals surface area contributed by atoms with Gasteiger partial charge in [-0.1, -0.05) is 39.5 Å². The monoisotopic (exact) mass is 295 g/mol. The van der Waals surface area contributed by atoms with Gasteiger partial charge < -0.3 is 4.90 Å². The molecule has 0 heterocycles. The molecule has 3 N–H and O–H groups in total. The van der Waals surface area contributed by atoms with Gasteiger partial charge in [0.25, 0.3) is 0 Å².